The van der Waals surface area contributed by atoms with E-state index in [4.69, 9.17) is 0 Å². The van der Waals surface area contributed by atoms with Crippen molar-refractivity contribution < 1.29 is 9.18 Å². The van der Waals surface area contributed by atoms with Crippen LogP contribution in [-0.4, -0.2) is 22.4 Å². The maximum atomic E-state index is 13.6. The number of aromatic amines is 1. The fourth-order valence-corrected chi connectivity index (χ4v) is 3.25. The Morgan fingerprint density at radius 2 is 1.83 bits per heavy atom. The van der Waals surface area contributed by atoms with Crippen molar-refractivity contribution in [3.8, 4) is 0 Å². The highest BCUT2D eigenvalue weighted by molar-refractivity contribution is 5.95. The molecule has 0 aliphatic heterocycles. The minimum atomic E-state index is -0.194. The molecule has 0 radical (unpaired) electrons. The molecule has 0 saturated carbocycles. The van der Waals surface area contributed by atoms with Crippen molar-refractivity contribution in [2.24, 2.45) is 0 Å². The molecule has 5 nitrogen and oxygen atoms in total. The lowest BCUT2D eigenvalue weighted by molar-refractivity contribution is -0.115. The van der Waals surface area contributed by atoms with E-state index in [-0.39, 0.29) is 18.1 Å². The van der Waals surface area contributed by atoms with Gasteiger partial charge in [0.15, 0.2) is 0 Å². The van der Waals surface area contributed by atoms with E-state index in [1.807, 2.05) is 42.6 Å². The van der Waals surface area contributed by atoms with Crippen molar-refractivity contribution in [2.45, 2.75) is 12.8 Å². The van der Waals surface area contributed by atoms with Crippen LogP contribution in [0.3, 0.4) is 0 Å². The van der Waals surface area contributed by atoms with Gasteiger partial charge in [-0.2, -0.15) is 0 Å². The topological polar surface area (TPSA) is 69.8 Å². The molecule has 1 amide bonds. The SMILES string of the molecule is O=C(Cc1c[nH]c2ccccc12)Nc1ccc(NCCc2ccccc2F)cn1. The Morgan fingerprint density at radius 3 is 2.66 bits per heavy atom. The van der Waals surface area contributed by atoms with Gasteiger partial charge in [0, 0.05) is 23.6 Å². The maximum Gasteiger partial charge on any atom is 0.230 e. The van der Waals surface area contributed by atoms with Crippen LogP contribution in [-0.2, 0) is 17.6 Å². The van der Waals surface area contributed by atoms with Crippen molar-refractivity contribution in [3.05, 3.63) is 90.0 Å². The van der Waals surface area contributed by atoms with Crippen molar-refractivity contribution in [2.75, 3.05) is 17.2 Å². The van der Waals surface area contributed by atoms with Crippen LogP contribution in [0.2, 0.25) is 0 Å². The van der Waals surface area contributed by atoms with E-state index in [1.165, 1.54) is 6.07 Å². The van der Waals surface area contributed by atoms with E-state index in [2.05, 4.69) is 20.6 Å². The Balaban J connectivity index is 1.30. The van der Waals surface area contributed by atoms with E-state index in [1.54, 1.807) is 24.4 Å². The fourth-order valence-electron chi connectivity index (χ4n) is 3.25. The van der Waals surface area contributed by atoms with Crippen LogP contribution < -0.4 is 10.6 Å². The molecule has 0 unspecified atom stereocenters. The molecule has 0 saturated heterocycles. The van der Waals surface area contributed by atoms with Crippen molar-refractivity contribution in [3.63, 3.8) is 0 Å². The Kier molecular flexibility index (Phi) is 5.52. The summed E-state index contributed by atoms with van der Waals surface area (Å²) in [6, 6.07) is 18.2. The Bertz CT molecular complexity index is 1120. The van der Waals surface area contributed by atoms with Crippen LogP contribution in [0.15, 0.2) is 73.1 Å². The van der Waals surface area contributed by atoms with Gasteiger partial charge in [-0.25, -0.2) is 9.37 Å². The molecule has 146 valence electrons. The lowest BCUT2D eigenvalue weighted by Gasteiger charge is -2.08. The predicted molar refractivity (Wildman–Crippen MR) is 113 cm³/mol. The van der Waals surface area contributed by atoms with Gasteiger partial charge in [-0.05, 0) is 41.8 Å². The molecule has 3 N–H and O–H groups in total. The summed E-state index contributed by atoms with van der Waals surface area (Å²) in [5.41, 5.74) is 3.45. The normalized spacial score (nSPS) is 10.8. The first-order chi connectivity index (χ1) is 14.2. The molecule has 0 spiro atoms. The number of hydrogen-bond acceptors (Lipinski definition) is 3. The molecular formula is C23H21FN4O. The second-order valence-corrected chi connectivity index (χ2v) is 6.78. The Morgan fingerprint density at radius 1 is 1.00 bits per heavy atom. The monoisotopic (exact) mass is 388 g/mol. The minimum Gasteiger partial charge on any atom is -0.383 e. The zero-order valence-electron chi connectivity index (χ0n) is 15.8. The van der Waals surface area contributed by atoms with Gasteiger partial charge < -0.3 is 15.6 Å². The third-order valence-electron chi connectivity index (χ3n) is 4.74. The van der Waals surface area contributed by atoms with E-state index in [0.717, 1.165) is 22.2 Å². The third-order valence-corrected chi connectivity index (χ3v) is 4.74. The lowest BCUT2D eigenvalue weighted by Crippen LogP contribution is -2.15. The minimum absolute atomic E-state index is 0.123. The Labute approximate surface area is 168 Å². The maximum absolute atomic E-state index is 13.6. The zero-order chi connectivity index (χ0) is 20.1. The van der Waals surface area contributed by atoms with Gasteiger partial charge in [0.1, 0.15) is 11.6 Å². The van der Waals surface area contributed by atoms with Crippen molar-refractivity contribution in [1.82, 2.24) is 9.97 Å². The molecule has 0 atom stereocenters. The summed E-state index contributed by atoms with van der Waals surface area (Å²) >= 11 is 0. The number of halogens is 1. The number of amides is 1. The van der Waals surface area contributed by atoms with Gasteiger partial charge in [-0.3, -0.25) is 4.79 Å². The van der Waals surface area contributed by atoms with E-state index in [0.29, 0.717) is 24.3 Å². The molecule has 0 fully saturated rings. The number of carbonyl (C=O) groups excluding carboxylic acids is 1. The number of pyridine rings is 1. The zero-order valence-corrected chi connectivity index (χ0v) is 15.8. The van der Waals surface area contributed by atoms with Crippen LogP contribution in [0.25, 0.3) is 10.9 Å². The van der Waals surface area contributed by atoms with Crippen LogP contribution >= 0.6 is 0 Å². The van der Waals surface area contributed by atoms with Gasteiger partial charge in [-0.1, -0.05) is 36.4 Å². The average Bonchev–Trinajstić information content (AvgIpc) is 3.13. The summed E-state index contributed by atoms with van der Waals surface area (Å²) in [5.74, 6) is 0.178. The second-order valence-electron chi connectivity index (χ2n) is 6.78. The predicted octanol–water partition coefficient (Wildman–Crippen LogP) is 4.54. The summed E-state index contributed by atoms with van der Waals surface area (Å²) in [6.45, 7) is 0.592. The summed E-state index contributed by atoms with van der Waals surface area (Å²) in [5, 5.41) is 7.08. The molecule has 2 heterocycles. The van der Waals surface area contributed by atoms with Gasteiger partial charge in [-0.15, -0.1) is 0 Å². The second kappa shape index (κ2) is 8.56. The molecule has 4 rings (SSSR count). The summed E-state index contributed by atoms with van der Waals surface area (Å²) in [7, 11) is 0. The first-order valence-corrected chi connectivity index (χ1v) is 9.47. The van der Waals surface area contributed by atoms with E-state index >= 15 is 0 Å². The van der Waals surface area contributed by atoms with Crippen LogP contribution in [0, 0.1) is 5.82 Å². The summed E-state index contributed by atoms with van der Waals surface area (Å²) in [4.78, 5) is 19.8. The standard InChI is InChI=1S/C23H21FN4O/c24-20-7-3-1-5-16(20)11-12-25-18-9-10-22(27-15-18)28-23(29)13-17-14-26-21-8-4-2-6-19(17)21/h1-10,14-15,25-26H,11-13H2,(H,27,28,29). The lowest BCUT2D eigenvalue weighted by atomic mass is 10.1. The Hall–Kier alpha value is -3.67. The van der Waals surface area contributed by atoms with Crippen LogP contribution in [0.4, 0.5) is 15.9 Å². The molecule has 0 aliphatic rings. The number of benzene rings is 2. The smallest absolute Gasteiger partial charge is 0.230 e. The van der Waals surface area contributed by atoms with Crippen LogP contribution in [0.1, 0.15) is 11.1 Å². The molecule has 4 aromatic rings. The van der Waals surface area contributed by atoms with Gasteiger partial charge in [0.25, 0.3) is 0 Å². The first-order valence-electron chi connectivity index (χ1n) is 9.47. The number of nitrogens with zero attached hydrogens (tertiary/aromatic N) is 1. The van der Waals surface area contributed by atoms with Crippen LogP contribution in [0.5, 0.6) is 0 Å². The molecule has 2 aromatic carbocycles. The molecule has 2 aromatic heterocycles. The highest BCUT2D eigenvalue weighted by Crippen LogP contribution is 2.19. The van der Waals surface area contributed by atoms with Crippen molar-refractivity contribution in [1.29, 1.82) is 0 Å². The van der Waals surface area contributed by atoms with Gasteiger partial charge in [0.05, 0.1) is 18.3 Å². The average molecular weight is 388 g/mol. The number of H-pyrrole nitrogens is 1. The number of fused-ring (bicyclic) bond motifs is 1. The van der Waals surface area contributed by atoms with Gasteiger partial charge >= 0.3 is 0 Å². The van der Waals surface area contributed by atoms with Gasteiger partial charge in [0.2, 0.25) is 5.91 Å². The molecule has 29 heavy (non-hydrogen) atoms. The molecule has 0 bridgehead atoms. The number of hydrogen-bond donors (Lipinski definition) is 3. The van der Waals surface area contributed by atoms with Crippen molar-refractivity contribution >= 4 is 28.3 Å². The number of rotatable bonds is 7. The molecule has 0 aliphatic carbocycles. The first kappa shape index (κ1) is 18.7. The number of anilines is 2. The highest BCUT2D eigenvalue weighted by atomic mass is 19.1. The van der Waals surface area contributed by atoms with E-state index < -0.39 is 0 Å². The number of nitrogens with one attached hydrogen (secondary N) is 3. The fraction of sp³-hybridized carbons (Fsp3) is 0.130. The third kappa shape index (κ3) is 4.60. The molecule has 6 heteroatoms. The summed E-state index contributed by atoms with van der Waals surface area (Å²) < 4.78 is 13.6. The molecular weight excluding hydrogens is 367 g/mol. The number of aromatic nitrogens is 2. The number of carbonyl (C=O) groups is 1. The van der Waals surface area contributed by atoms with E-state index in [9.17, 15) is 9.18 Å². The summed E-state index contributed by atoms with van der Waals surface area (Å²) in [6.07, 6.45) is 4.37. The highest BCUT2D eigenvalue weighted by Gasteiger charge is 2.09. The number of para-hydroxylation sites is 1. The largest absolute Gasteiger partial charge is 0.383 e. The quantitative estimate of drug-likeness (QED) is 0.435.